The van der Waals surface area contributed by atoms with Gasteiger partial charge in [0.1, 0.15) is 5.82 Å². The second-order valence-corrected chi connectivity index (χ2v) is 4.67. The van der Waals surface area contributed by atoms with Crippen LogP contribution >= 0.6 is 15.9 Å². The highest BCUT2D eigenvalue weighted by atomic mass is 79.9. The molecule has 0 fully saturated rings. The first-order valence-electron chi connectivity index (χ1n) is 6.06. The third-order valence-corrected chi connectivity index (χ3v) is 3.29. The van der Waals surface area contributed by atoms with Gasteiger partial charge in [-0.05, 0) is 29.3 Å². The number of hydrogen-bond acceptors (Lipinski definition) is 4. The van der Waals surface area contributed by atoms with Crippen LogP contribution in [0, 0.1) is 0 Å². The van der Waals surface area contributed by atoms with Gasteiger partial charge in [-0.15, -0.1) is 0 Å². The molecule has 0 aliphatic carbocycles. The van der Waals surface area contributed by atoms with Gasteiger partial charge in [-0.3, -0.25) is 0 Å². The Kier molecular flexibility index (Phi) is 4.30. The number of halogens is 1. The van der Waals surface area contributed by atoms with Crippen molar-refractivity contribution in [2.75, 3.05) is 11.9 Å². The van der Waals surface area contributed by atoms with E-state index in [0.717, 1.165) is 35.4 Å². The number of aromatic amines is 1. The van der Waals surface area contributed by atoms with Crippen LogP contribution in [0.5, 0.6) is 0 Å². The van der Waals surface area contributed by atoms with Crippen molar-refractivity contribution in [2.45, 2.75) is 26.7 Å². The Morgan fingerprint density at radius 2 is 2.17 bits per heavy atom. The summed E-state index contributed by atoms with van der Waals surface area (Å²) in [6.45, 7) is 4.99. The van der Waals surface area contributed by atoms with Crippen molar-refractivity contribution in [1.82, 2.24) is 19.9 Å². The molecule has 2 heterocycles. The number of nitrogens with one attached hydrogen (secondary N) is 2. The number of hydrogen-bond donors (Lipinski definition) is 2. The van der Waals surface area contributed by atoms with Gasteiger partial charge in [-0.2, -0.15) is 0 Å². The first-order valence-corrected chi connectivity index (χ1v) is 6.85. The van der Waals surface area contributed by atoms with Gasteiger partial charge in [-0.1, -0.05) is 13.3 Å². The van der Waals surface area contributed by atoms with Crippen molar-refractivity contribution >= 4 is 21.7 Å². The molecule has 0 aromatic carbocycles. The molecule has 0 unspecified atom stereocenters. The standard InChI is InChI=1S/C12H16BrN5/c1-3-5-8-9(13)10(14-4-2)18-12(17-8)11-15-6-7-16-11/h6-7H,3-5H2,1-2H3,(H,15,16)(H,14,17,18). The van der Waals surface area contributed by atoms with Gasteiger partial charge >= 0.3 is 0 Å². The SMILES string of the molecule is CCCc1nc(-c2ncc[nH]2)nc(NCC)c1Br. The lowest BCUT2D eigenvalue weighted by Gasteiger charge is -2.10. The minimum absolute atomic E-state index is 0.627. The summed E-state index contributed by atoms with van der Waals surface area (Å²) >= 11 is 3.56. The van der Waals surface area contributed by atoms with Gasteiger partial charge in [0.2, 0.25) is 0 Å². The largest absolute Gasteiger partial charge is 0.369 e. The van der Waals surface area contributed by atoms with E-state index in [-0.39, 0.29) is 0 Å². The summed E-state index contributed by atoms with van der Waals surface area (Å²) in [7, 11) is 0. The second kappa shape index (κ2) is 5.95. The van der Waals surface area contributed by atoms with Crippen LogP contribution in [0.2, 0.25) is 0 Å². The summed E-state index contributed by atoms with van der Waals surface area (Å²) in [5, 5.41) is 3.24. The second-order valence-electron chi connectivity index (χ2n) is 3.87. The van der Waals surface area contributed by atoms with E-state index >= 15 is 0 Å². The lowest BCUT2D eigenvalue weighted by molar-refractivity contribution is 0.865. The Balaban J connectivity index is 2.47. The normalized spacial score (nSPS) is 10.6. The maximum absolute atomic E-state index is 4.56. The van der Waals surface area contributed by atoms with Crippen LogP contribution in [0.3, 0.4) is 0 Å². The highest BCUT2D eigenvalue weighted by Gasteiger charge is 2.13. The number of rotatable bonds is 5. The molecule has 0 spiro atoms. The number of aromatic nitrogens is 4. The maximum Gasteiger partial charge on any atom is 0.197 e. The summed E-state index contributed by atoms with van der Waals surface area (Å²) in [6, 6.07) is 0. The monoisotopic (exact) mass is 309 g/mol. The van der Waals surface area contributed by atoms with E-state index in [4.69, 9.17) is 0 Å². The number of aryl methyl sites for hydroxylation is 1. The Morgan fingerprint density at radius 3 is 2.78 bits per heavy atom. The lowest BCUT2D eigenvalue weighted by atomic mass is 10.2. The van der Waals surface area contributed by atoms with E-state index < -0.39 is 0 Å². The van der Waals surface area contributed by atoms with E-state index in [0.29, 0.717) is 11.6 Å². The van der Waals surface area contributed by atoms with E-state index in [1.54, 1.807) is 12.4 Å². The minimum Gasteiger partial charge on any atom is -0.369 e. The first-order chi connectivity index (χ1) is 8.76. The van der Waals surface area contributed by atoms with Crippen LogP contribution in [0.1, 0.15) is 26.0 Å². The van der Waals surface area contributed by atoms with Crippen LogP contribution in [0.25, 0.3) is 11.6 Å². The Hall–Kier alpha value is -1.43. The number of anilines is 1. The molecule has 0 saturated carbocycles. The quantitative estimate of drug-likeness (QED) is 0.891. The zero-order chi connectivity index (χ0) is 13.0. The number of H-pyrrole nitrogens is 1. The van der Waals surface area contributed by atoms with E-state index in [1.165, 1.54) is 0 Å². The molecule has 2 aromatic heterocycles. The molecule has 0 bridgehead atoms. The predicted molar refractivity (Wildman–Crippen MR) is 75.5 cm³/mol. The third kappa shape index (κ3) is 2.69. The van der Waals surface area contributed by atoms with Crippen LogP contribution in [0.15, 0.2) is 16.9 Å². The third-order valence-electron chi connectivity index (χ3n) is 2.46. The summed E-state index contributed by atoms with van der Waals surface area (Å²) in [5.74, 6) is 2.14. The predicted octanol–water partition coefficient (Wildman–Crippen LogP) is 3.01. The van der Waals surface area contributed by atoms with Crippen molar-refractivity contribution < 1.29 is 0 Å². The molecule has 0 aliphatic rings. The Morgan fingerprint density at radius 1 is 1.33 bits per heavy atom. The van der Waals surface area contributed by atoms with Crippen LogP contribution in [-0.2, 0) is 6.42 Å². The van der Waals surface area contributed by atoms with Gasteiger partial charge in [-0.25, -0.2) is 15.0 Å². The summed E-state index contributed by atoms with van der Waals surface area (Å²) in [4.78, 5) is 16.3. The smallest absolute Gasteiger partial charge is 0.197 e. The molecular formula is C12H16BrN5. The highest BCUT2D eigenvalue weighted by molar-refractivity contribution is 9.10. The molecule has 0 radical (unpaired) electrons. The molecule has 0 aliphatic heterocycles. The van der Waals surface area contributed by atoms with Crippen molar-refractivity contribution in [2.24, 2.45) is 0 Å². The van der Waals surface area contributed by atoms with Gasteiger partial charge < -0.3 is 10.3 Å². The molecule has 2 rings (SSSR count). The van der Waals surface area contributed by atoms with Crippen molar-refractivity contribution in [3.8, 4) is 11.6 Å². The highest BCUT2D eigenvalue weighted by Crippen LogP contribution is 2.26. The average molecular weight is 310 g/mol. The minimum atomic E-state index is 0.627. The van der Waals surface area contributed by atoms with Crippen molar-refractivity contribution in [3.63, 3.8) is 0 Å². The molecule has 2 N–H and O–H groups in total. The van der Waals surface area contributed by atoms with Crippen LogP contribution in [0.4, 0.5) is 5.82 Å². The van der Waals surface area contributed by atoms with E-state index in [9.17, 15) is 0 Å². The Labute approximate surface area is 115 Å². The summed E-state index contributed by atoms with van der Waals surface area (Å²) in [5.41, 5.74) is 1.01. The van der Waals surface area contributed by atoms with Crippen LogP contribution in [-0.4, -0.2) is 26.5 Å². The molecule has 0 saturated heterocycles. The molecule has 18 heavy (non-hydrogen) atoms. The molecule has 0 atom stereocenters. The fraction of sp³-hybridized carbons (Fsp3) is 0.417. The molecular weight excluding hydrogens is 294 g/mol. The molecule has 0 amide bonds. The zero-order valence-electron chi connectivity index (χ0n) is 10.5. The van der Waals surface area contributed by atoms with E-state index in [2.05, 4.69) is 48.1 Å². The zero-order valence-corrected chi connectivity index (χ0v) is 12.1. The first kappa shape index (κ1) is 13.0. The van der Waals surface area contributed by atoms with E-state index in [1.807, 2.05) is 6.92 Å². The molecule has 6 heteroatoms. The Bertz CT molecular complexity index is 482. The molecule has 5 nitrogen and oxygen atoms in total. The van der Waals surface area contributed by atoms with Gasteiger partial charge in [0.15, 0.2) is 11.6 Å². The summed E-state index contributed by atoms with van der Waals surface area (Å²) < 4.78 is 0.946. The molecule has 2 aromatic rings. The number of imidazole rings is 1. The maximum atomic E-state index is 4.56. The van der Waals surface area contributed by atoms with Gasteiger partial charge in [0.25, 0.3) is 0 Å². The van der Waals surface area contributed by atoms with Crippen molar-refractivity contribution in [1.29, 1.82) is 0 Å². The topological polar surface area (TPSA) is 66.5 Å². The van der Waals surface area contributed by atoms with Crippen LogP contribution < -0.4 is 5.32 Å². The van der Waals surface area contributed by atoms with Gasteiger partial charge in [0, 0.05) is 18.9 Å². The van der Waals surface area contributed by atoms with Crippen molar-refractivity contribution in [3.05, 3.63) is 22.6 Å². The van der Waals surface area contributed by atoms with Gasteiger partial charge in [0.05, 0.1) is 10.2 Å². The lowest BCUT2D eigenvalue weighted by Crippen LogP contribution is -2.06. The molecule has 96 valence electrons. The summed E-state index contributed by atoms with van der Waals surface area (Å²) in [6.07, 6.45) is 5.42. The number of nitrogens with zero attached hydrogens (tertiary/aromatic N) is 3. The fourth-order valence-electron chi connectivity index (χ4n) is 1.67. The average Bonchev–Trinajstić information content (AvgIpc) is 2.88. The fourth-order valence-corrected chi connectivity index (χ4v) is 2.19.